The molecule has 0 unspecified atom stereocenters. The number of methoxy groups -OCH3 is 2. The smallest absolute Gasteiger partial charge is 0.235 e. The number of nitrogens with one attached hydrogen (secondary N) is 1. The molecule has 0 saturated heterocycles. The Bertz CT molecular complexity index is 932. The fraction of sp³-hybridized carbons (Fsp3) is 0.350. The van der Waals surface area contributed by atoms with E-state index in [0.717, 1.165) is 16.1 Å². The SMILES string of the molecule is COc1ccc(CCNC(=O)CN(Cc2ccc(F)cc2)S(C)(=O)=O)cc1OC. The second kappa shape index (κ2) is 10.2. The molecule has 0 spiro atoms. The zero-order valence-corrected chi connectivity index (χ0v) is 17.5. The van der Waals surface area contributed by atoms with Crippen LogP contribution < -0.4 is 14.8 Å². The van der Waals surface area contributed by atoms with Gasteiger partial charge < -0.3 is 14.8 Å². The molecular weight excluding hydrogens is 399 g/mol. The van der Waals surface area contributed by atoms with Crippen molar-refractivity contribution in [3.05, 3.63) is 59.4 Å². The van der Waals surface area contributed by atoms with E-state index in [1.807, 2.05) is 12.1 Å². The zero-order chi connectivity index (χ0) is 21.4. The average Bonchev–Trinajstić information content (AvgIpc) is 2.68. The van der Waals surface area contributed by atoms with E-state index in [2.05, 4.69) is 5.32 Å². The highest BCUT2D eigenvalue weighted by molar-refractivity contribution is 7.88. The first kappa shape index (κ1) is 22.6. The van der Waals surface area contributed by atoms with E-state index in [0.29, 0.717) is 30.0 Å². The van der Waals surface area contributed by atoms with E-state index in [4.69, 9.17) is 9.47 Å². The summed E-state index contributed by atoms with van der Waals surface area (Å²) in [4.78, 5) is 12.2. The predicted octanol–water partition coefficient (Wildman–Crippen LogP) is 1.96. The maximum Gasteiger partial charge on any atom is 0.235 e. The summed E-state index contributed by atoms with van der Waals surface area (Å²) in [7, 11) is -0.515. The van der Waals surface area contributed by atoms with Gasteiger partial charge in [0.1, 0.15) is 5.82 Å². The van der Waals surface area contributed by atoms with Crippen LogP contribution in [-0.4, -0.2) is 52.2 Å². The molecule has 0 aliphatic carbocycles. The van der Waals surface area contributed by atoms with Crippen LogP contribution in [0.4, 0.5) is 4.39 Å². The molecule has 0 bridgehead atoms. The fourth-order valence-corrected chi connectivity index (χ4v) is 3.42. The number of benzene rings is 2. The van der Waals surface area contributed by atoms with E-state index in [-0.39, 0.29) is 13.1 Å². The fourth-order valence-electron chi connectivity index (χ4n) is 2.68. The van der Waals surface area contributed by atoms with Gasteiger partial charge in [0.25, 0.3) is 0 Å². The molecule has 0 aliphatic heterocycles. The monoisotopic (exact) mass is 424 g/mol. The molecule has 9 heteroatoms. The summed E-state index contributed by atoms with van der Waals surface area (Å²) >= 11 is 0. The molecule has 0 aromatic heterocycles. The predicted molar refractivity (Wildman–Crippen MR) is 108 cm³/mol. The minimum atomic E-state index is -3.61. The van der Waals surface area contributed by atoms with Crippen molar-refractivity contribution in [1.82, 2.24) is 9.62 Å². The lowest BCUT2D eigenvalue weighted by molar-refractivity contribution is -0.121. The Balaban J connectivity index is 1.92. The molecule has 0 atom stereocenters. The van der Waals surface area contributed by atoms with E-state index >= 15 is 0 Å². The van der Waals surface area contributed by atoms with E-state index in [9.17, 15) is 17.6 Å². The van der Waals surface area contributed by atoms with Crippen LogP contribution in [0.25, 0.3) is 0 Å². The number of carbonyl (C=O) groups excluding carboxylic acids is 1. The largest absolute Gasteiger partial charge is 0.493 e. The van der Waals surface area contributed by atoms with Crippen LogP contribution in [0.3, 0.4) is 0 Å². The van der Waals surface area contributed by atoms with Crippen molar-refractivity contribution >= 4 is 15.9 Å². The van der Waals surface area contributed by atoms with Crippen LogP contribution in [0.2, 0.25) is 0 Å². The standard InChI is InChI=1S/C20H25FN2O5S/c1-27-18-9-6-15(12-19(18)28-2)10-11-22-20(24)14-23(29(3,25)26)13-16-4-7-17(21)8-5-16/h4-9,12H,10-11,13-14H2,1-3H3,(H,22,24). The molecule has 2 rings (SSSR count). The molecule has 2 aromatic carbocycles. The van der Waals surface area contributed by atoms with Crippen molar-refractivity contribution in [2.24, 2.45) is 0 Å². The summed E-state index contributed by atoms with van der Waals surface area (Å²) in [6.45, 7) is 0.00677. The number of hydrogen-bond donors (Lipinski definition) is 1. The summed E-state index contributed by atoms with van der Waals surface area (Å²) in [5.74, 6) is 0.384. The van der Waals surface area contributed by atoms with Crippen molar-refractivity contribution in [2.75, 3.05) is 33.6 Å². The number of carbonyl (C=O) groups is 1. The van der Waals surface area contributed by atoms with Crippen molar-refractivity contribution in [3.63, 3.8) is 0 Å². The van der Waals surface area contributed by atoms with Crippen LogP contribution in [0, 0.1) is 5.82 Å². The van der Waals surface area contributed by atoms with Gasteiger partial charge in [-0.2, -0.15) is 4.31 Å². The van der Waals surface area contributed by atoms with Gasteiger partial charge in [-0.1, -0.05) is 18.2 Å². The number of sulfonamides is 1. The molecule has 1 N–H and O–H groups in total. The van der Waals surface area contributed by atoms with Gasteiger partial charge in [0.15, 0.2) is 11.5 Å². The molecule has 0 saturated carbocycles. The third kappa shape index (κ3) is 7.03. The number of ether oxygens (including phenoxy) is 2. The van der Waals surface area contributed by atoms with Gasteiger partial charge in [0.2, 0.25) is 15.9 Å². The quantitative estimate of drug-likeness (QED) is 0.630. The molecule has 0 fully saturated rings. The summed E-state index contributed by atoms with van der Waals surface area (Å²) in [6, 6.07) is 10.9. The first-order valence-corrected chi connectivity index (χ1v) is 10.7. The molecule has 7 nitrogen and oxygen atoms in total. The highest BCUT2D eigenvalue weighted by Crippen LogP contribution is 2.27. The van der Waals surface area contributed by atoms with Gasteiger partial charge in [0, 0.05) is 13.1 Å². The maximum absolute atomic E-state index is 13.0. The number of halogens is 1. The molecule has 0 aliphatic rings. The second-order valence-corrected chi connectivity index (χ2v) is 8.43. The van der Waals surface area contributed by atoms with Crippen LogP contribution in [0.1, 0.15) is 11.1 Å². The number of hydrogen-bond acceptors (Lipinski definition) is 5. The minimum absolute atomic E-state index is 0.0117. The maximum atomic E-state index is 13.0. The highest BCUT2D eigenvalue weighted by Gasteiger charge is 2.20. The molecule has 158 valence electrons. The summed E-state index contributed by atoms with van der Waals surface area (Å²) < 4.78 is 48.5. The van der Waals surface area contributed by atoms with E-state index < -0.39 is 21.7 Å². The molecule has 0 radical (unpaired) electrons. The number of amides is 1. The lowest BCUT2D eigenvalue weighted by Gasteiger charge is -2.19. The van der Waals surface area contributed by atoms with Crippen LogP contribution in [0.15, 0.2) is 42.5 Å². The first-order valence-electron chi connectivity index (χ1n) is 8.90. The summed E-state index contributed by atoms with van der Waals surface area (Å²) in [5, 5.41) is 2.72. The van der Waals surface area contributed by atoms with Crippen molar-refractivity contribution in [3.8, 4) is 11.5 Å². The van der Waals surface area contributed by atoms with Crippen molar-refractivity contribution in [2.45, 2.75) is 13.0 Å². The lowest BCUT2D eigenvalue weighted by Crippen LogP contribution is -2.40. The Morgan fingerprint density at radius 3 is 2.24 bits per heavy atom. The zero-order valence-electron chi connectivity index (χ0n) is 16.6. The number of nitrogens with zero attached hydrogens (tertiary/aromatic N) is 1. The lowest BCUT2D eigenvalue weighted by atomic mass is 10.1. The second-order valence-electron chi connectivity index (χ2n) is 6.45. The highest BCUT2D eigenvalue weighted by atomic mass is 32.2. The van der Waals surface area contributed by atoms with Gasteiger partial charge in [-0.15, -0.1) is 0 Å². The Labute approximate surface area is 170 Å². The van der Waals surface area contributed by atoms with Crippen molar-refractivity contribution in [1.29, 1.82) is 0 Å². The third-order valence-corrected chi connectivity index (χ3v) is 5.44. The van der Waals surface area contributed by atoms with Crippen LogP contribution in [-0.2, 0) is 27.8 Å². The number of rotatable bonds is 10. The molecule has 1 amide bonds. The Hall–Kier alpha value is -2.65. The van der Waals surface area contributed by atoms with Gasteiger partial charge in [-0.25, -0.2) is 12.8 Å². The van der Waals surface area contributed by atoms with Gasteiger partial charge >= 0.3 is 0 Å². The van der Waals surface area contributed by atoms with Gasteiger partial charge in [0.05, 0.1) is 27.0 Å². The Morgan fingerprint density at radius 2 is 1.66 bits per heavy atom. The molecule has 2 aromatic rings. The first-order chi connectivity index (χ1) is 13.7. The minimum Gasteiger partial charge on any atom is -0.493 e. The topological polar surface area (TPSA) is 84.9 Å². The van der Waals surface area contributed by atoms with Crippen LogP contribution in [0.5, 0.6) is 11.5 Å². The van der Waals surface area contributed by atoms with Crippen LogP contribution >= 0.6 is 0 Å². The molecular formula is C20H25FN2O5S. The summed E-state index contributed by atoms with van der Waals surface area (Å²) in [5.41, 5.74) is 1.53. The summed E-state index contributed by atoms with van der Waals surface area (Å²) in [6.07, 6.45) is 1.58. The normalized spacial score (nSPS) is 11.3. The van der Waals surface area contributed by atoms with Crippen molar-refractivity contribution < 1.29 is 27.1 Å². The Kier molecular flexibility index (Phi) is 7.98. The van der Waals surface area contributed by atoms with E-state index in [1.54, 1.807) is 20.3 Å². The Morgan fingerprint density at radius 1 is 1.03 bits per heavy atom. The van der Waals surface area contributed by atoms with Gasteiger partial charge in [-0.05, 0) is 41.8 Å². The van der Waals surface area contributed by atoms with Gasteiger partial charge in [-0.3, -0.25) is 4.79 Å². The molecule has 29 heavy (non-hydrogen) atoms. The van der Waals surface area contributed by atoms with E-state index in [1.165, 1.54) is 24.3 Å². The third-order valence-electron chi connectivity index (χ3n) is 4.24. The average molecular weight is 424 g/mol. The molecule has 0 heterocycles.